The molecule has 0 aliphatic carbocycles. The molecule has 0 amide bonds. The van der Waals surface area contributed by atoms with E-state index in [0.29, 0.717) is 4.74 Å². The first-order valence-electron chi connectivity index (χ1n) is 5.34. The van der Waals surface area contributed by atoms with Crippen LogP contribution in [0.4, 0.5) is 0 Å². The Bertz CT molecular complexity index is 688. The summed E-state index contributed by atoms with van der Waals surface area (Å²) < 4.78 is 35.9. The maximum atomic E-state index is 11.6. The molecule has 0 saturated carbocycles. The van der Waals surface area contributed by atoms with E-state index in [0.717, 1.165) is 24.1 Å². The van der Waals surface area contributed by atoms with Gasteiger partial charge >= 0.3 is 0 Å². The van der Waals surface area contributed by atoms with Crippen LogP contribution in [0.3, 0.4) is 0 Å². The molecule has 1 aromatic carbocycles. The predicted molar refractivity (Wildman–Crippen MR) is 67.5 cm³/mol. The van der Waals surface area contributed by atoms with Gasteiger partial charge in [0.25, 0.3) is 10.1 Å². The lowest BCUT2D eigenvalue weighted by Crippen LogP contribution is -2.05. The summed E-state index contributed by atoms with van der Waals surface area (Å²) in [5, 5.41) is 11.6. The van der Waals surface area contributed by atoms with Crippen LogP contribution < -0.4 is 0 Å². The Morgan fingerprint density at radius 2 is 2.00 bits per heavy atom. The van der Waals surface area contributed by atoms with Crippen LogP contribution in [0.2, 0.25) is 0 Å². The molecule has 100 valence electrons. The van der Waals surface area contributed by atoms with Crippen LogP contribution in [0.1, 0.15) is 11.3 Å². The van der Waals surface area contributed by atoms with Crippen molar-refractivity contribution >= 4 is 16.3 Å². The first kappa shape index (κ1) is 13.3. The molecule has 2 aromatic rings. The Labute approximate surface area is 109 Å². The highest BCUT2D eigenvalue weighted by atomic mass is 32.2. The normalized spacial score (nSPS) is 12.6. The fourth-order valence-corrected chi connectivity index (χ4v) is 1.92. The molecule has 0 aliphatic heterocycles. The van der Waals surface area contributed by atoms with Gasteiger partial charge in [-0.15, -0.1) is 0 Å². The van der Waals surface area contributed by atoms with E-state index in [4.69, 9.17) is 8.97 Å². The molecule has 0 radical (unpaired) electrons. The van der Waals surface area contributed by atoms with E-state index in [2.05, 4.69) is 0 Å². The molecule has 0 bridgehead atoms. The maximum Gasteiger partial charge on any atom is 0.297 e. The first-order valence-corrected chi connectivity index (χ1v) is 6.78. The predicted octanol–water partition coefficient (Wildman–Crippen LogP) is 1.66. The molecule has 7 heteroatoms. The average Bonchev–Trinajstić information content (AvgIpc) is 2.78. The van der Waals surface area contributed by atoms with E-state index in [9.17, 15) is 13.6 Å². The first-order chi connectivity index (χ1) is 8.95. The number of hydroxylamine groups is 1. The van der Waals surface area contributed by atoms with E-state index < -0.39 is 10.1 Å². The Kier molecular flexibility index (Phi) is 3.68. The van der Waals surface area contributed by atoms with Gasteiger partial charge < -0.3 is 9.62 Å². The second-order valence-electron chi connectivity index (χ2n) is 3.85. The SMILES string of the molecule is O=S(=O)(O)c1coc(C=[N+]([O-])Cc2ccccc2)c1. The van der Waals surface area contributed by atoms with Crippen molar-refractivity contribution in [1.82, 2.24) is 0 Å². The minimum Gasteiger partial charge on any atom is -0.623 e. The highest BCUT2D eigenvalue weighted by Gasteiger charge is 2.14. The van der Waals surface area contributed by atoms with Crippen LogP contribution in [-0.2, 0) is 16.7 Å². The molecule has 1 N–H and O–H groups in total. The summed E-state index contributed by atoms with van der Waals surface area (Å²) in [6.45, 7) is 0.114. The Morgan fingerprint density at radius 1 is 1.32 bits per heavy atom. The minimum atomic E-state index is -4.31. The Hall–Kier alpha value is -2.12. The highest BCUT2D eigenvalue weighted by Crippen LogP contribution is 2.12. The van der Waals surface area contributed by atoms with E-state index in [1.54, 1.807) is 12.1 Å². The lowest BCUT2D eigenvalue weighted by atomic mass is 10.2. The van der Waals surface area contributed by atoms with Gasteiger partial charge in [0, 0.05) is 11.6 Å². The summed E-state index contributed by atoms with van der Waals surface area (Å²) in [5.74, 6) is 0.0542. The largest absolute Gasteiger partial charge is 0.623 e. The van der Waals surface area contributed by atoms with Crippen molar-refractivity contribution in [3.05, 3.63) is 59.2 Å². The van der Waals surface area contributed by atoms with Gasteiger partial charge in [0.1, 0.15) is 11.2 Å². The molecule has 0 unspecified atom stereocenters. The topological polar surface area (TPSA) is 93.6 Å². The van der Waals surface area contributed by atoms with Crippen LogP contribution in [0.15, 0.2) is 52.0 Å². The molecule has 0 saturated heterocycles. The van der Waals surface area contributed by atoms with Crippen LogP contribution in [0.25, 0.3) is 0 Å². The lowest BCUT2D eigenvalue weighted by Gasteiger charge is -2.02. The van der Waals surface area contributed by atoms with Crippen molar-refractivity contribution in [2.75, 3.05) is 0 Å². The molecule has 1 aromatic heterocycles. The molecule has 1 heterocycles. The quantitative estimate of drug-likeness (QED) is 0.302. The smallest absolute Gasteiger partial charge is 0.297 e. The molecule has 2 rings (SSSR count). The molecule has 0 spiro atoms. The van der Waals surface area contributed by atoms with Crippen molar-refractivity contribution in [1.29, 1.82) is 0 Å². The van der Waals surface area contributed by atoms with E-state index in [1.165, 1.54) is 0 Å². The molecule has 19 heavy (non-hydrogen) atoms. The van der Waals surface area contributed by atoms with Crippen molar-refractivity contribution in [3.8, 4) is 0 Å². The fourth-order valence-electron chi connectivity index (χ4n) is 1.49. The van der Waals surface area contributed by atoms with Gasteiger partial charge in [-0.3, -0.25) is 4.55 Å². The number of benzene rings is 1. The van der Waals surface area contributed by atoms with Crippen LogP contribution in [-0.4, -0.2) is 23.9 Å². The zero-order valence-corrected chi connectivity index (χ0v) is 10.6. The second kappa shape index (κ2) is 5.25. The molecule has 6 nitrogen and oxygen atoms in total. The average molecular weight is 281 g/mol. The summed E-state index contributed by atoms with van der Waals surface area (Å²) in [6, 6.07) is 10.1. The van der Waals surface area contributed by atoms with Gasteiger partial charge in [-0.25, -0.2) is 4.74 Å². The summed E-state index contributed by atoms with van der Waals surface area (Å²) in [4.78, 5) is -0.383. The third-order valence-electron chi connectivity index (χ3n) is 2.35. The van der Waals surface area contributed by atoms with Crippen molar-refractivity contribution in [2.24, 2.45) is 0 Å². The van der Waals surface area contributed by atoms with E-state index in [-0.39, 0.29) is 17.2 Å². The summed E-state index contributed by atoms with van der Waals surface area (Å²) >= 11 is 0. The zero-order chi connectivity index (χ0) is 13.9. The highest BCUT2D eigenvalue weighted by molar-refractivity contribution is 7.85. The van der Waals surface area contributed by atoms with Gasteiger partial charge in [0.15, 0.2) is 12.3 Å². The Balaban J connectivity index is 2.15. The molecule has 0 fully saturated rings. The second-order valence-corrected chi connectivity index (χ2v) is 5.27. The molecule has 0 atom stereocenters. The fraction of sp³-hybridized carbons (Fsp3) is 0.0833. The van der Waals surface area contributed by atoms with Gasteiger partial charge in [0.05, 0.1) is 0 Å². The van der Waals surface area contributed by atoms with Gasteiger partial charge in [-0.05, 0) is 0 Å². The summed E-state index contributed by atoms with van der Waals surface area (Å²) in [5.41, 5.74) is 0.815. The maximum absolute atomic E-state index is 11.6. The molecule has 0 aliphatic rings. The standard InChI is InChI=1S/C12H11NO5S/c14-13(7-10-4-2-1-3-5-10)8-11-6-12(9-18-11)19(15,16)17/h1-6,8-9H,7H2,(H,15,16,17). The van der Waals surface area contributed by atoms with E-state index in [1.807, 2.05) is 18.2 Å². The number of nitrogens with zero attached hydrogens (tertiary/aromatic N) is 1. The van der Waals surface area contributed by atoms with Crippen molar-refractivity contribution in [3.63, 3.8) is 0 Å². The summed E-state index contributed by atoms with van der Waals surface area (Å²) in [7, 11) is -4.31. The van der Waals surface area contributed by atoms with Gasteiger partial charge in [-0.1, -0.05) is 30.3 Å². The van der Waals surface area contributed by atoms with E-state index >= 15 is 0 Å². The minimum absolute atomic E-state index is 0.0542. The van der Waals surface area contributed by atoms with Crippen molar-refractivity contribution in [2.45, 2.75) is 11.4 Å². The number of furan rings is 1. The number of hydrogen-bond donors (Lipinski definition) is 1. The zero-order valence-electron chi connectivity index (χ0n) is 9.76. The summed E-state index contributed by atoms with van der Waals surface area (Å²) in [6.07, 6.45) is 1.99. The molecular weight excluding hydrogens is 270 g/mol. The molecular formula is C12H11NO5S. The lowest BCUT2D eigenvalue weighted by molar-refractivity contribution is -0.469. The number of hydrogen-bond acceptors (Lipinski definition) is 4. The van der Waals surface area contributed by atoms with Crippen LogP contribution >= 0.6 is 0 Å². The van der Waals surface area contributed by atoms with Gasteiger partial charge in [-0.2, -0.15) is 8.42 Å². The monoisotopic (exact) mass is 281 g/mol. The Morgan fingerprint density at radius 3 is 2.58 bits per heavy atom. The third-order valence-corrected chi connectivity index (χ3v) is 3.16. The van der Waals surface area contributed by atoms with Crippen LogP contribution in [0, 0.1) is 5.21 Å². The van der Waals surface area contributed by atoms with Gasteiger partial charge in [0.2, 0.25) is 6.21 Å². The van der Waals surface area contributed by atoms with Crippen LogP contribution in [0.5, 0.6) is 0 Å². The van der Waals surface area contributed by atoms with Crippen molar-refractivity contribution < 1.29 is 22.1 Å². The third kappa shape index (κ3) is 3.67. The number of rotatable bonds is 4.